The summed E-state index contributed by atoms with van der Waals surface area (Å²) < 4.78 is 32.6. The Bertz CT molecular complexity index is 930. The Hall–Kier alpha value is -2.49. The zero-order valence-electron chi connectivity index (χ0n) is 16.3. The Balaban J connectivity index is 2.11. The summed E-state index contributed by atoms with van der Waals surface area (Å²) in [6, 6.07) is 13.4. The predicted octanol–water partition coefficient (Wildman–Crippen LogP) is 3.01. The van der Waals surface area contributed by atoms with Crippen molar-refractivity contribution in [2.24, 2.45) is 0 Å². The Kier molecular flexibility index (Phi) is 6.76. The number of hydrogen-bond acceptors (Lipinski definition) is 6. The number of nitrogens with one attached hydrogen (secondary N) is 2. The summed E-state index contributed by atoms with van der Waals surface area (Å²) in [5.41, 5.74) is 0.130. The molecule has 0 aromatic heterocycles. The van der Waals surface area contributed by atoms with E-state index in [-0.39, 0.29) is 23.2 Å². The highest BCUT2D eigenvalue weighted by Crippen LogP contribution is 2.29. The van der Waals surface area contributed by atoms with Crippen LogP contribution in [-0.4, -0.2) is 32.5 Å². The first kappa shape index (κ1) is 21.8. The fraction of sp³-hybridized carbons (Fsp3) is 0.368. The van der Waals surface area contributed by atoms with Gasteiger partial charge in [0.1, 0.15) is 0 Å². The predicted molar refractivity (Wildman–Crippen MR) is 107 cm³/mol. The number of benzene rings is 2. The van der Waals surface area contributed by atoms with E-state index >= 15 is 0 Å². The van der Waals surface area contributed by atoms with Crippen LogP contribution in [0.3, 0.4) is 0 Å². The zero-order valence-corrected chi connectivity index (χ0v) is 17.1. The lowest BCUT2D eigenvalue weighted by Crippen LogP contribution is -2.49. The molecule has 9 heteroatoms. The molecule has 0 spiro atoms. The van der Waals surface area contributed by atoms with Crippen molar-refractivity contribution in [3.05, 3.63) is 64.2 Å². The minimum atomic E-state index is -3.92. The van der Waals surface area contributed by atoms with Gasteiger partial charge in [0.15, 0.2) is 5.75 Å². The molecule has 0 radical (unpaired) electrons. The molecule has 2 aromatic carbocycles. The van der Waals surface area contributed by atoms with E-state index in [4.69, 9.17) is 4.74 Å². The van der Waals surface area contributed by atoms with Gasteiger partial charge in [-0.2, -0.15) is 0 Å². The van der Waals surface area contributed by atoms with Crippen LogP contribution in [0.5, 0.6) is 5.75 Å². The molecule has 0 aliphatic heterocycles. The molecule has 2 rings (SSSR count). The molecule has 152 valence electrons. The van der Waals surface area contributed by atoms with E-state index in [0.717, 1.165) is 11.6 Å². The molecule has 0 amide bonds. The minimum Gasteiger partial charge on any atom is -0.490 e. The monoisotopic (exact) mass is 407 g/mol. The number of ether oxygens (including phenoxy) is 1. The van der Waals surface area contributed by atoms with Crippen molar-refractivity contribution in [2.45, 2.75) is 37.2 Å². The van der Waals surface area contributed by atoms with Gasteiger partial charge >= 0.3 is 5.69 Å². The molecular formula is C19H25N3O5S. The first-order chi connectivity index (χ1) is 13.1. The molecule has 2 N–H and O–H groups in total. The number of nitrogens with zero attached hydrogens (tertiary/aromatic N) is 1. The van der Waals surface area contributed by atoms with Crippen molar-refractivity contribution in [3.63, 3.8) is 0 Å². The molecule has 0 heterocycles. The lowest BCUT2D eigenvalue weighted by atomic mass is 10.0. The summed E-state index contributed by atoms with van der Waals surface area (Å²) in [5.74, 6) is 0.00244. The second-order valence-corrected chi connectivity index (χ2v) is 8.84. The summed E-state index contributed by atoms with van der Waals surface area (Å²) in [5, 5.41) is 14.5. The maximum atomic E-state index is 12.6. The van der Waals surface area contributed by atoms with E-state index in [1.54, 1.807) is 0 Å². The fourth-order valence-electron chi connectivity index (χ4n) is 2.80. The highest BCUT2D eigenvalue weighted by molar-refractivity contribution is 7.89. The standard InChI is InChI=1S/C19H25N3O5S/c1-14(15-8-6-5-7-9-15)21-19(2,3)13-20-28(25,26)16-10-11-18(27-4)17(12-16)22(23)24/h5-12,14,20-21H,13H2,1-4H3. The van der Waals surface area contributed by atoms with Crippen LogP contribution in [0.4, 0.5) is 5.69 Å². The first-order valence-corrected chi connectivity index (χ1v) is 10.2. The third-order valence-electron chi connectivity index (χ3n) is 4.27. The highest BCUT2D eigenvalue weighted by atomic mass is 32.2. The summed E-state index contributed by atoms with van der Waals surface area (Å²) in [4.78, 5) is 10.3. The second-order valence-electron chi connectivity index (χ2n) is 7.08. The van der Waals surface area contributed by atoms with Gasteiger partial charge < -0.3 is 10.1 Å². The van der Waals surface area contributed by atoms with Gasteiger partial charge in [-0.1, -0.05) is 30.3 Å². The van der Waals surface area contributed by atoms with Crippen molar-refractivity contribution in [3.8, 4) is 5.75 Å². The number of nitro benzene ring substituents is 1. The molecule has 0 aliphatic rings. The summed E-state index contributed by atoms with van der Waals surface area (Å²) in [7, 11) is -2.64. The molecule has 28 heavy (non-hydrogen) atoms. The number of sulfonamides is 1. The number of methoxy groups -OCH3 is 1. The zero-order chi connectivity index (χ0) is 20.9. The third-order valence-corrected chi connectivity index (χ3v) is 5.67. The smallest absolute Gasteiger partial charge is 0.312 e. The van der Waals surface area contributed by atoms with E-state index in [9.17, 15) is 18.5 Å². The third kappa shape index (κ3) is 5.51. The van der Waals surface area contributed by atoms with Gasteiger partial charge in [0.2, 0.25) is 10.0 Å². The van der Waals surface area contributed by atoms with Crippen molar-refractivity contribution >= 4 is 15.7 Å². The van der Waals surface area contributed by atoms with Crippen LogP contribution in [0.1, 0.15) is 32.4 Å². The van der Waals surface area contributed by atoms with Gasteiger partial charge in [-0.15, -0.1) is 0 Å². The van der Waals surface area contributed by atoms with Gasteiger partial charge in [-0.25, -0.2) is 13.1 Å². The van der Waals surface area contributed by atoms with Crippen molar-refractivity contribution in [1.29, 1.82) is 0 Å². The molecule has 2 aromatic rings. The average Bonchev–Trinajstić information content (AvgIpc) is 2.66. The molecule has 0 saturated carbocycles. The maximum absolute atomic E-state index is 12.6. The minimum absolute atomic E-state index is 0.00244. The normalized spacial score (nSPS) is 13.1. The Labute approximate surface area is 165 Å². The van der Waals surface area contributed by atoms with E-state index in [0.29, 0.717) is 0 Å². The van der Waals surface area contributed by atoms with E-state index in [1.165, 1.54) is 19.2 Å². The molecule has 1 unspecified atom stereocenters. The van der Waals surface area contributed by atoms with E-state index in [2.05, 4.69) is 10.0 Å². The molecule has 0 saturated heterocycles. The Morgan fingerprint density at radius 1 is 1.18 bits per heavy atom. The molecule has 8 nitrogen and oxygen atoms in total. The SMILES string of the molecule is COc1ccc(S(=O)(=O)NCC(C)(C)NC(C)c2ccccc2)cc1[N+](=O)[O-]. The second kappa shape index (κ2) is 8.68. The summed E-state index contributed by atoms with van der Waals surface area (Å²) >= 11 is 0. The van der Waals surface area contributed by atoms with E-state index in [1.807, 2.05) is 51.1 Å². The van der Waals surface area contributed by atoms with Crippen LogP contribution in [0, 0.1) is 10.1 Å². The largest absolute Gasteiger partial charge is 0.490 e. The van der Waals surface area contributed by atoms with Crippen LogP contribution in [-0.2, 0) is 10.0 Å². The lowest BCUT2D eigenvalue weighted by molar-refractivity contribution is -0.386. The molecule has 0 aliphatic carbocycles. The molecule has 0 bridgehead atoms. The van der Waals surface area contributed by atoms with Crippen LogP contribution < -0.4 is 14.8 Å². The van der Waals surface area contributed by atoms with Crippen LogP contribution in [0.2, 0.25) is 0 Å². The van der Waals surface area contributed by atoms with Crippen molar-refractivity contribution in [2.75, 3.05) is 13.7 Å². The quantitative estimate of drug-likeness (QED) is 0.488. The fourth-order valence-corrected chi connectivity index (χ4v) is 4.03. The van der Waals surface area contributed by atoms with Crippen LogP contribution in [0.15, 0.2) is 53.4 Å². The van der Waals surface area contributed by atoms with Crippen molar-refractivity contribution < 1.29 is 18.1 Å². The molecule has 1 atom stereocenters. The first-order valence-electron chi connectivity index (χ1n) is 8.70. The van der Waals surface area contributed by atoms with Gasteiger partial charge in [0.05, 0.1) is 16.9 Å². The van der Waals surface area contributed by atoms with E-state index < -0.39 is 26.2 Å². The van der Waals surface area contributed by atoms with Crippen LogP contribution in [0.25, 0.3) is 0 Å². The van der Waals surface area contributed by atoms with Gasteiger partial charge in [0.25, 0.3) is 0 Å². The topological polar surface area (TPSA) is 111 Å². The Morgan fingerprint density at radius 2 is 1.82 bits per heavy atom. The van der Waals surface area contributed by atoms with Gasteiger partial charge in [-0.3, -0.25) is 10.1 Å². The molecule has 0 fully saturated rings. The average molecular weight is 407 g/mol. The summed E-state index contributed by atoms with van der Waals surface area (Å²) in [6.07, 6.45) is 0. The number of nitro groups is 1. The van der Waals surface area contributed by atoms with Crippen molar-refractivity contribution in [1.82, 2.24) is 10.0 Å². The van der Waals surface area contributed by atoms with Crippen LogP contribution >= 0.6 is 0 Å². The van der Waals surface area contributed by atoms with Gasteiger partial charge in [0, 0.05) is 24.2 Å². The number of rotatable bonds is 9. The lowest BCUT2D eigenvalue weighted by Gasteiger charge is -2.30. The highest BCUT2D eigenvalue weighted by Gasteiger charge is 2.26. The van der Waals surface area contributed by atoms with Gasteiger partial charge in [-0.05, 0) is 38.5 Å². The number of hydrogen-bond donors (Lipinski definition) is 2. The maximum Gasteiger partial charge on any atom is 0.312 e. The summed E-state index contributed by atoms with van der Waals surface area (Å²) in [6.45, 7) is 5.86. The Morgan fingerprint density at radius 3 is 2.39 bits per heavy atom. The molecular weight excluding hydrogens is 382 g/mol.